The number of carbonyl (C=O) groups is 2. The van der Waals surface area contributed by atoms with E-state index in [0.717, 1.165) is 20.3 Å². The van der Waals surface area contributed by atoms with Crippen molar-refractivity contribution < 1.29 is 18.0 Å². The largest absolute Gasteiger partial charge is 0.350 e. The summed E-state index contributed by atoms with van der Waals surface area (Å²) in [6, 6.07) is 19.6. The van der Waals surface area contributed by atoms with Crippen LogP contribution in [0.1, 0.15) is 38.8 Å². The van der Waals surface area contributed by atoms with Gasteiger partial charge in [-0.25, -0.2) is 8.42 Å². The minimum atomic E-state index is -4.12. The van der Waals surface area contributed by atoms with Gasteiger partial charge in [0.25, 0.3) is 10.0 Å². The molecule has 7 nitrogen and oxygen atoms in total. The van der Waals surface area contributed by atoms with Gasteiger partial charge in [-0.3, -0.25) is 13.9 Å². The zero-order chi connectivity index (χ0) is 29.7. The predicted octanol–water partition coefficient (Wildman–Crippen LogP) is 5.90. The molecule has 3 rings (SSSR count). The standard InChI is InChI=1S/C30H36ClN3O4S2/c1-21-7-13-25(14-8-21)34(40(37,38)27-17-15-26(39-6)16-18-27)20-28(35)33(19-23-9-11-24(31)12-10-23)22(2)29(36)32-30(3,4)5/h7-18,22H,19-20H2,1-6H3,(H,32,36)/t22-/m1/s1. The zero-order valence-electron chi connectivity index (χ0n) is 23.6. The van der Waals surface area contributed by atoms with Crippen LogP contribution in [0.2, 0.25) is 5.02 Å². The number of anilines is 1. The highest BCUT2D eigenvalue weighted by atomic mass is 35.5. The molecule has 10 heteroatoms. The molecule has 40 heavy (non-hydrogen) atoms. The van der Waals surface area contributed by atoms with Crippen LogP contribution in [-0.4, -0.2) is 49.5 Å². The maximum absolute atomic E-state index is 14.0. The molecule has 0 aliphatic carbocycles. The van der Waals surface area contributed by atoms with E-state index in [1.54, 1.807) is 67.6 Å². The lowest BCUT2D eigenvalue weighted by molar-refractivity contribution is -0.140. The first-order valence-corrected chi connectivity index (χ1v) is 15.8. The van der Waals surface area contributed by atoms with E-state index in [-0.39, 0.29) is 17.3 Å². The number of sulfonamides is 1. The molecule has 0 heterocycles. The van der Waals surface area contributed by atoms with Gasteiger partial charge in [-0.2, -0.15) is 0 Å². The monoisotopic (exact) mass is 601 g/mol. The number of aryl methyl sites for hydroxylation is 1. The number of hydrogen-bond donors (Lipinski definition) is 1. The molecule has 3 aromatic rings. The van der Waals surface area contributed by atoms with E-state index in [2.05, 4.69) is 5.32 Å². The topological polar surface area (TPSA) is 86.8 Å². The van der Waals surface area contributed by atoms with Crippen LogP contribution in [0.4, 0.5) is 5.69 Å². The van der Waals surface area contributed by atoms with Gasteiger partial charge < -0.3 is 10.2 Å². The molecule has 0 fully saturated rings. The number of benzene rings is 3. The van der Waals surface area contributed by atoms with Crippen molar-refractivity contribution in [2.75, 3.05) is 17.1 Å². The molecule has 0 bridgehead atoms. The molecule has 0 saturated carbocycles. The van der Waals surface area contributed by atoms with Crippen LogP contribution in [0.25, 0.3) is 0 Å². The number of hydrogen-bond acceptors (Lipinski definition) is 5. The molecule has 0 saturated heterocycles. The van der Waals surface area contributed by atoms with Gasteiger partial charge in [0, 0.05) is 22.0 Å². The summed E-state index contributed by atoms with van der Waals surface area (Å²) in [6.07, 6.45) is 1.91. The van der Waals surface area contributed by atoms with Crippen LogP contribution in [0.5, 0.6) is 0 Å². The van der Waals surface area contributed by atoms with E-state index >= 15 is 0 Å². The van der Waals surface area contributed by atoms with E-state index in [1.165, 1.54) is 28.8 Å². The van der Waals surface area contributed by atoms with E-state index < -0.39 is 34.1 Å². The first-order valence-electron chi connectivity index (χ1n) is 12.8. The lowest BCUT2D eigenvalue weighted by Crippen LogP contribution is -2.54. The number of nitrogens with one attached hydrogen (secondary N) is 1. The predicted molar refractivity (Wildman–Crippen MR) is 163 cm³/mol. The second-order valence-electron chi connectivity index (χ2n) is 10.6. The van der Waals surface area contributed by atoms with Gasteiger partial charge >= 0.3 is 0 Å². The molecule has 2 amide bonds. The van der Waals surface area contributed by atoms with Crippen molar-refractivity contribution in [2.45, 2.75) is 62.5 Å². The van der Waals surface area contributed by atoms with Crippen molar-refractivity contribution in [3.05, 3.63) is 88.9 Å². The van der Waals surface area contributed by atoms with E-state index in [0.29, 0.717) is 10.7 Å². The summed E-state index contributed by atoms with van der Waals surface area (Å²) in [7, 11) is -4.12. The minimum absolute atomic E-state index is 0.0708. The minimum Gasteiger partial charge on any atom is -0.350 e. The number of rotatable bonds is 10. The first-order chi connectivity index (χ1) is 18.7. The van der Waals surface area contributed by atoms with Gasteiger partial charge in [-0.05, 0) is 95.0 Å². The summed E-state index contributed by atoms with van der Waals surface area (Å²) in [5, 5.41) is 3.47. The fraction of sp³-hybridized carbons (Fsp3) is 0.333. The van der Waals surface area contributed by atoms with Crippen LogP contribution in [0.3, 0.4) is 0 Å². The summed E-state index contributed by atoms with van der Waals surface area (Å²) in [5.41, 5.74) is 1.55. The third-order valence-corrected chi connectivity index (χ3v) is 8.96. The Morgan fingerprint density at radius 1 is 0.950 bits per heavy atom. The normalized spacial score (nSPS) is 12.5. The Morgan fingerprint density at radius 2 is 1.52 bits per heavy atom. The summed E-state index contributed by atoms with van der Waals surface area (Å²) >= 11 is 7.56. The van der Waals surface area contributed by atoms with Gasteiger partial charge in [0.2, 0.25) is 11.8 Å². The van der Waals surface area contributed by atoms with Gasteiger partial charge in [-0.1, -0.05) is 41.4 Å². The van der Waals surface area contributed by atoms with Gasteiger partial charge in [0.15, 0.2) is 0 Å². The smallest absolute Gasteiger partial charge is 0.264 e. The average molecular weight is 602 g/mol. The Kier molecular flexibility index (Phi) is 10.3. The molecule has 1 atom stereocenters. The van der Waals surface area contributed by atoms with Crippen LogP contribution in [0.15, 0.2) is 82.6 Å². The third-order valence-electron chi connectivity index (χ3n) is 6.18. The second-order valence-corrected chi connectivity index (χ2v) is 13.8. The van der Waals surface area contributed by atoms with Crippen LogP contribution in [-0.2, 0) is 26.2 Å². The van der Waals surface area contributed by atoms with Crippen molar-refractivity contribution >= 4 is 50.9 Å². The Bertz CT molecular complexity index is 1420. The van der Waals surface area contributed by atoms with E-state index in [1.807, 2.05) is 34.0 Å². The van der Waals surface area contributed by atoms with Crippen LogP contribution < -0.4 is 9.62 Å². The molecule has 0 unspecified atom stereocenters. The Labute approximate surface area is 247 Å². The van der Waals surface area contributed by atoms with Crippen molar-refractivity contribution in [3.8, 4) is 0 Å². The molecule has 1 N–H and O–H groups in total. The molecule has 0 aliphatic rings. The molecule has 0 aromatic heterocycles. The Balaban J connectivity index is 2.03. The fourth-order valence-corrected chi connectivity index (χ4v) is 5.91. The molecule has 0 spiro atoms. The lowest BCUT2D eigenvalue weighted by Gasteiger charge is -2.33. The maximum atomic E-state index is 14.0. The highest BCUT2D eigenvalue weighted by molar-refractivity contribution is 7.98. The van der Waals surface area contributed by atoms with Gasteiger partial charge in [0.1, 0.15) is 12.6 Å². The van der Waals surface area contributed by atoms with E-state index in [4.69, 9.17) is 11.6 Å². The highest BCUT2D eigenvalue weighted by Crippen LogP contribution is 2.26. The average Bonchev–Trinajstić information content (AvgIpc) is 2.90. The van der Waals surface area contributed by atoms with E-state index in [9.17, 15) is 18.0 Å². The molecule has 3 aromatic carbocycles. The molecular weight excluding hydrogens is 566 g/mol. The number of carbonyl (C=O) groups excluding carboxylic acids is 2. The van der Waals surface area contributed by atoms with Crippen molar-refractivity contribution in [1.29, 1.82) is 0 Å². The first kappa shape index (κ1) is 31.5. The number of amides is 2. The van der Waals surface area contributed by atoms with Crippen LogP contribution >= 0.6 is 23.4 Å². The van der Waals surface area contributed by atoms with Gasteiger partial charge in [0.05, 0.1) is 10.6 Å². The third kappa shape index (κ3) is 8.25. The van der Waals surface area contributed by atoms with Crippen molar-refractivity contribution in [3.63, 3.8) is 0 Å². The molecule has 0 radical (unpaired) electrons. The maximum Gasteiger partial charge on any atom is 0.264 e. The number of halogens is 1. The summed E-state index contributed by atoms with van der Waals surface area (Å²) < 4.78 is 28.9. The summed E-state index contributed by atoms with van der Waals surface area (Å²) in [5.74, 6) is -0.858. The molecule has 214 valence electrons. The van der Waals surface area contributed by atoms with Crippen molar-refractivity contribution in [1.82, 2.24) is 10.2 Å². The number of thioether (sulfide) groups is 1. The Hall–Kier alpha value is -3.01. The quantitative estimate of drug-likeness (QED) is 0.293. The summed E-state index contributed by atoms with van der Waals surface area (Å²) in [4.78, 5) is 29.5. The van der Waals surface area contributed by atoms with Crippen molar-refractivity contribution in [2.24, 2.45) is 0 Å². The van der Waals surface area contributed by atoms with Crippen LogP contribution in [0, 0.1) is 6.92 Å². The lowest BCUT2D eigenvalue weighted by atomic mass is 10.1. The molecular formula is C30H36ClN3O4S2. The fourth-order valence-electron chi connectivity index (χ4n) is 3.96. The van der Waals surface area contributed by atoms with Gasteiger partial charge in [-0.15, -0.1) is 11.8 Å². The SMILES string of the molecule is CSc1ccc(S(=O)(=O)N(CC(=O)N(Cc2ccc(Cl)cc2)[C@H](C)C(=O)NC(C)(C)C)c2ccc(C)cc2)cc1. The second kappa shape index (κ2) is 13.1. The molecule has 0 aliphatic heterocycles. The number of nitrogens with zero attached hydrogens (tertiary/aromatic N) is 2. The highest BCUT2D eigenvalue weighted by Gasteiger charge is 2.33. The summed E-state index contributed by atoms with van der Waals surface area (Å²) in [6.45, 7) is 8.72. The zero-order valence-corrected chi connectivity index (χ0v) is 26.0. The Morgan fingerprint density at radius 3 is 2.05 bits per heavy atom.